The van der Waals surface area contributed by atoms with Gasteiger partial charge in [-0.2, -0.15) is 0 Å². The molecular formula is C14H14O3. The first kappa shape index (κ1) is 11.5. The molecule has 0 bridgehead atoms. The van der Waals surface area contributed by atoms with Gasteiger partial charge >= 0.3 is 5.97 Å². The van der Waals surface area contributed by atoms with E-state index >= 15 is 0 Å². The smallest absolute Gasteiger partial charge is 0.309 e. The maximum Gasteiger partial charge on any atom is 0.309 e. The molecule has 3 nitrogen and oxygen atoms in total. The predicted octanol–water partition coefficient (Wildman–Crippen LogP) is 2.56. The normalized spacial score (nSPS) is 10.2. The van der Waals surface area contributed by atoms with Gasteiger partial charge in [-0.15, -0.1) is 0 Å². The van der Waals surface area contributed by atoms with Crippen molar-refractivity contribution in [2.24, 2.45) is 0 Å². The molecule has 88 valence electrons. The van der Waals surface area contributed by atoms with Crippen LogP contribution in [0.15, 0.2) is 36.4 Å². The fraction of sp³-hybridized carbons (Fsp3) is 0.214. The quantitative estimate of drug-likeness (QED) is 0.760. The molecule has 0 amide bonds. The molecule has 0 fully saturated rings. The van der Waals surface area contributed by atoms with E-state index in [9.17, 15) is 4.79 Å². The molecule has 0 aliphatic carbocycles. The Kier molecular flexibility index (Phi) is 3.28. The molecule has 2 aromatic carbocycles. The van der Waals surface area contributed by atoms with E-state index in [1.165, 1.54) is 7.11 Å². The third-order valence-corrected chi connectivity index (χ3v) is 2.76. The lowest BCUT2D eigenvalue weighted by Gasteiger charge is -2.09. The van der Waals surface area contributed by atoms with E-state index in [-0.39, 0.29) is 12.4 Å². The average Bonchev–Trinajstić information content (AvgIpc) is 2.39. The van der Waals surface area contributed by atoms with E-state index in [1.54, 1.807) is 7.11 Å². The highest BCUT2D eigenvalue weighted by Crippen LogP contribution is 2.28. The Morgan fingerprint density at radius 1 is 1.06 bits per heavy atom. The van der Waals surface area contributed by atoms with Crippen LogP contribution in [0.25, 0.3) is 10.8 Å². The Bertz CT molecular complexity index is 546. The minimum atomic E-state index is -0.236. The number of hydrogen-bond donors (Lipinski definition) is 0. The van der Waals surface area contributed by atoms with Gasteiger partial charge in [0.1, 0.15) is 5.75 Å². The van der Waals surface area contributed by atoms with Gasteiger partial charge in [-0.3, -0.25) is 4.79 Å². The summed E-state index contributed by atoms with van der Waals surface area (Å²) >= 11 is 0. The zero-order valence-electron chi connectivity index (χ0n) is 9.90. The van der Waals surface area contributed by atoms with Crippen LogP contribution in [0.4, 0.5) is 0 Å². The minimum absolute atomic E-state index is 0.236. The van der Waals surface area contributed by atoms with Crippen LogP contribution < -0.4 is 4.74 Å². The van der Waals surface area contributed by atoms with Crippen molar-refractivity contribution in [3.05, 3.63) is 42.0 Å². The Morgan fingerprint density at radius 2 is 1.76 bits per heavy atom. The summed E-state index contributed by atoms with van der Waals surface area (Å²) in [6.07, 6.45) is 0.279. The standard InChI is InChI=1S/C14H14O3/c1-16-13-8-7-10(9-14(15)17-2)11-5-3-4-6-12(11)13/h3-8H,9H2,1-2H3. The molecule has 2 rings (SSSR count). The van der Waals surface area contributed by atoms with E-state index in [0.717, 1.165) is 22.1 Å². The van der Waals surface area contributed by atoms with Crippen LogP contribution in [0.3, 0.4) is 0 Å². The van der Waals surface area contributed by atoms with Gasteiger partial charge in [-0.25, -0.2) is 0 Å². The first-order chi connectivity index (χ1) is 8.26. The molecule has 0 radical (unpaired) electrons. The minimum Gasteiger partial charge on any atom is -0.496 e. The van der Waals surface area contributed by atoms with Crippen molar-refractivity contribution in [1.82, 2.24) is 0 Å². The Hall–Kier alpha value is -2.03. The Labute approximate surface area is 100.0 Å². The maximum atomic E-state index is 11.3. The fourth-order valence-corrected chi connectivity index (χ4v) is 1.89. The van der Waals surface area contributed by atoms with E-state index < -0.39 is 0 Å². The molecule has 0 spiro atoms. The Balaban J connectivity index is 2.54. The van der Waals surface area contributed by atoms with Crippen LogP contribution in [-0.2, 0) is 16.0 Å². The monoisotopic (exact) mass is 230 g/mol. The molecule has 2 aromatic rings. The molecule has 0 atom stereocenters. The van der Waals surface area contributed by atoms with Crippen molar-refractivity contribution in [3.63, 3.8) is 0 Å². The number of fused-ring (bicyclic) bond motifs is 1. The fourth-order valence-electron chi connectivity index (χ4n) is 1.89. The van der Waals surface area contributed by atoms with Crippen molar-refractivity contribution in [1.29, 1.82) is 0 Å². The highest BCUT2D eigenvalue weighted by molar-refractivity contribution is 5.93. The lowest BCUT2D eigenvalue weighted by atomic mass is 10.0. The number of methoxy groups -OCH3 is 2. The summed E-state index contributed by atoms with van der Waals surface area (Å²) in [5.74, 6) is 0.578. The molecule has 0 aliphatic heterocycles. The topological polar surface area (TPSA) is 35.5 Å². The second-order valence-electron chi connectivity index (χ2n) is 3.73. The summed E-state index contributed by atoms with van der Waals surface area (Å²) in [6.45, 7) is 0. The van der Waals surface area contributed by atoms with Gasteiger partial charge in [0.2, 0.25) is 0 Å². The third-order valence-electron chi connectivity index (χ3n) is 2.76. The van der Waals surface area contributed by atoms with Gasteiger partial charge in [0.05, 0.1) is 20.6 Å². The van der Waals surface area contributed by atoms with Gasteiger partial charge in [-0.05, 0) is 17.0 Å². The number of esters is 1. The highest BCUT2D eigenvalue weighted by atomic mass is 16.5. The molecule has 0 saturated carbocycles. The van der Waals surface area contributed by atoms with Gasteiger partial charge in [0.25, 0.3) is 0 Å². The number of carbonyl (C=O) groups excluding carboxylic acids is 1. The van der Waals surface area contributed by atoms with E-state index in [0.29, 0.717) is 0 Å². The van der Waals surface area contributed by atoms with Gasteiger partial charge in [0.15, 0.2) is 0 Å². The molecular weight excluding hydrogens is 216 g/mol. The summed E-state index contributed by atoms with van der Waals surface area (Å²) in [5, 5.41) is 2.04. The first-order valence-electron chi connectivity index (χ1n) is 5.37. The average molecular weight is 230 g/mol. The second kappa shape index (κ2) is 4.87. The molecule has 0 aliphatic rings. The van der Waals surface area contributed by atoms with Gasteiger partial charge in [0, 0.05) is 5.39 Å². The van der Waals surface area contributed by atoms with Crippen LogP contribution in [0, 0.1) is 0 Å². The van der Waals surface area contributed by atoms with Crippen LogP contribution >= 0.6 is 0 Å². The first-order valence-corrected chi connectivity index (χ1v) is 5.37. The van der Waals surface area contributed by atoms with Crippen molar-refractivity contribution in [2.45, 2.75) is 6.42 Å². The summed E-state index contributed by atoms with van der Waals surface area (Å²) in [4.78, 5) is 11.3. The van der Waals surface area contributed by atoms with Crippen molar-refractivity contribution in [2.75, 3.05) is 14.2 Å². The maximum absolute atomic E-state index is 11.3. The van der Waals surface area contributed by atoms with Crippen molar-refractivity contribution >= 4 is 16.7 Å². The molecule has 0 heterocycles. The van der Waals surface area contributed by atoms with E-state index in [1.807, 2.05) is 36.4 Å². The highest BCUT2D eigenvalue weighted by Gasteiger charge is 2.09. The molecule has 17 heavy (non-hydrogen) atoms. The molecule has 3 heteroatoms. The molecule has 0 saturated heterocycles. The number of ether oxygens (including phenoxy) is 2. The summed E-state index contributed by atoms with van der Waals surface area (Å²) in [7, 11) is 3.04. The number of hydrogen-bond acceptors (Lipinski definition) is 3. The number of carbonyl (C=O) groups is 1. The van der Waals surface area contributed by atoms with Crippen molar-refractivity contribution in [3.8, 4) is 5.75 Å². The van der Waals surface area contributed by atoms with Crippen LogP contribution in [0.1, 0.15) is 5.56 Å². The second-order valence-corrected chi connectivity index (χ2v) is 3.73. The van der Waals surface area contributed by atoms with Gasteiger partial charge in [-0.1, -0.05) is 30.3 Å². The summed E-state index contributed by atoms with van der Waals surface area (Å²) in [5.41, 5.74) is 0.952. The third kappa shape index (κ3) is 2.23. The van der Waals surface area contributed by atoms with Crippen LogP contribution in [0.2, 0.25) is 0 Å². The largest absolute Gasteiger partial charge is 0.496 e. The van der Waals surface area contributed by atoms with E-state index in [4.69, 9.17) is 4.74 Å². The number of rotatable bonds is 3. The summed E-state index contributed by atoms with van der Waals surface area (Å²) < 4.78 is 9.99. The lowest BCUT2D eigenvalue weighted by molar-refractivity contribution is -0.139. The van der Waals surface area contributed by atoms with Crippen molar-refractivity contribution < 1.29 is 14.3 Å². The van der Waals surface area contributed by atoms with Gasteiger partial charge < -0.3 is 9.47 Å². The zero-order valence-corrected chi connectivity index (χ0v) is 9.90. The number of benzene rings is 2. The van der Waals surface area contributed by atoms with Crippen LogP contribution in [0.5, 0.6) is 5.75 Å². The zero-order chi connectivity index (χ0) is 12.3. The molecule has 0 unspecified atom stereocenters. The van der Waals surface area contributed by atoms with Crippen LogP contribution in [-0.4, -0.2) is 20.2 Å². The molecule has 0 aromatic heterocycles. The Morgan fingerprint density at radius 3 is 2.41 bits per heavy atom. The molecule has 0 N–H and O–H groups in total. The predicted molar refractivity (Wildman–Crippen MR) is 66.2 cm³/mol. The lowest BCUT2D eigenvalue weighted by Crippen LogP contribution is -2.05. The van der Waals surface area contributed by atoms with E-state index in [2.05, 4.69) is 4.74 Å². The summed E-state index contributed by atoms with van der Waals surface area (Å²) in [6, 6.07) is 11.6. The SMILES string of the molecule is COC(=O)Cc1ccc(OC)c2ccccc12.